The Balaban J connectivity index is 0.00000400. The molecule has 0 bridgehead atoms. The second-order valence-corrected chi connectivity index (χ2v) is 11.9. The van der Waals surface area contributed by atoms with E-state index in [9.17, 15) is 28.4 Å². The van der Waals surface area contributed by atoms with Gasteiger partial charge in [0.05, 0.1) is 11.6 Å². The Morgan fingerprint density at radius 2 is 1.84 bits per heavy atom. The minimum atomic E-state index is -2.91. The molecule has 1 aromatic heterocycles. The monoisotopic (exact) mass is 637 g/mol. The van der Waals surface area contributed by atoms with Crippen LogP contribution in [0.3, 0.4) is 0 Å². The number of benzene rings is 2. The first-order chi connectivity index (χ1) is 21.0. The second kappa shape index (κ2) is 12.5. The molecule has 8 nitrogen and oxygen atoms in total. The van der Waals surface area contributed by atoms with Gasteiger partial charge in [-0.2, -0.15) is 5.26 Å². The molecule has 0 radical (unpaired) electrons. The van der Waals surface area contributed by atoms with Crippen molar-refractivity contribution in [1.29, 1.82) is 5.26 Å². The van der Waals surface area contributed by atoms with Gasteiger partial charge in [-0.05, 0) is 67.1 Å². The average Bonchev–Trinajstić information content (AvgIpc) is 3.76. The van der Waals surface area contributed by atoms with E-state index in [1.54, 1.807) is 24.3 Å². The van der Waals surface area contributed by atoms with E-state index in [-0.39, 0.29) is 53.8 Å². The van der Waals surface area contributed by atoms with E-state index in [1.165, 1.54) is 35.4 Å². The first kappa shape index (κ1) is 32.0. The first-order valence-corrected chi connectivity index (χ1v) is 14.7. The van der Waals surface area contributed by atoms with Crippen LogP contribution in [0.4, 0.5) is 24.7 Å². The Labute approximate surface area is 263 Å². The van der Waals surface area contributed by atoms with Crippen molar-refractivity contribution >= 4 is 40.8 Å². The van der Waals surface area contributed by atoms with Crippen molar-refractivity contribution in [2.45, 2.75) is 75.9 Å². The number of carbonyl (C=O) groups is 3. The zero-order valence-electron chi connectivity index (χ0n) is 23.4. The van der Waals surface area contributed by atoms with Crippen molar-refractivity contribution in [2.24, 2.45) is 0 Å². The van der Waals surface area contributed by atoms with Crippen LogP contribution in [0.15, 0.2) is 60.8 Å². The number of carbonyl (C=O) groups excluding carboxylic acids is 3. The predicted octanol–water partition coefficient (Wildman–Crippen LogP) is 6.44. The molecule has 1 aliphatic heterocycles. The number of aromatic nitrogens is 1. The molecule has 3 aliphatic rings. The highest BCUT2D eigenvalue weighted by Crippen LogP contribution is 2.44. The molecule has 6 rings (SSSR count). The van der Waals surface area contributed by atoms with Gasteiger partial charge < -0.3 is 5.32 Å². The van der Waals surface area contributed by atoms with Crippen molar-refractivity contribution in [3.05, 3.63) is 88.3 Å². The number of hydrogen-bond acceptors (Lipinski definition) is 5. The molecule has 2 aliphatic carbocycles. The third kappa shape index (κ3) is 6.52. The zero-order valence-corrected chi connectivity index (χ0v) is 24.1. The standard InChI is InChI=1S/C32H27ClF3N5O3.CH4/c33-25-4-2-1-3-24(25)29(30(43)39-22-15-32(35,36)16-22)40(23-13-20(19-5-6-19)12-21(34)14-23)31(44)26-7-8-28(42)41(26)27-11-18(17-37)9-10-38-27;/h1-4,9-14,19,22,26,29H,5-8,15-16H2,(H,39,43);1H4/t26-,29-;/m0./s1. The Hall–Kier alpha value is -4.43. The van der Waals surface area contributed by atoms with Crippen LogP contribution in [0.2, 0.25) is 5.02 Å². The van der Waals surface area contributed by atoms with Crippen LogP contribution in [0, 0.1) is 17.1 Å². The number of nitrogens with zero attached hydrogens (tertiary/aromatic N) is 4. The van der Waals surface area contributed by atoms with Gasteiger partial charge in [-0.3, -0.25) is 24.2 Å². The van der Waals surface area contributed by atoms with E-state index in [4.69, 9.17) is 11.6 Å². The van der Waals surface area contributed by atoms with E-state index < -0.39 is 60.4 Å². The number of rotatable bonds is 8. The molecule has 2 aromatic carbocycles. The number of nitrogens with one attached hydrogen (secondary N) is 1. The molecule has 45 heavy (non-hydrogen) atoms. The van der Waals surface area contributed by atoms with Gasteiger partial charge in [-0.1, -0.05) is 37.2 Å². The molecular formula is C33H31ClF3N5O3. The SMILES string of the molecule is C.N#Cc1ccnc(N2C(=O)CC[C@H]2C(=O)N(c2cc(F)cc(C3CC3)c2)[C@H](C(=O)NC2CC(F)(F)C2)c2ccccc2Cl)c1. The summed E-state index contributed by atoms with van der Waals surface area (Å²) in [5, 5.41) is 12.2. The topological polar surface area (TPSA) is 106 Å². The van der Waals surface area contributed by atoms with Gasteiger partial charge >= 0.3 is 0 Å². The third-order valence-corrected chi connectivity index (χ3v) is 8.57. The molecule has 1 saturated heterocycles. The highest BCUT2D eigenvalue weighted by Gasteiger charge is 2.49. The maximum Gasteiger partial charge on any atom is 0.252 e. The smallest absolute Gasteiger partial charge is 0.252 e. The van der Waals surface area contributed by atoms with Crippen molar-refractivity contribution in [2.75, 3.05) is 9.80 Å². The first-order valence-electron chi connectivity index (χ1n) is 14.3. The summed E-state index contributed by atoms with van der Waals surface area (Å²) in [7, 11) is 0. The lowest BCUT2D eigenvalue weighted by molar-refractivity contribution is -0.133. The maximum absolute atomic E-state index is 15.2. The number of nitriles is 1. The fourth-order valence-corrected chi connectivity index (χ4v) is 6.15. The van der Waals surface area contributed by atoms with Gasteiger partial charge in [0.2, 0.25) is 11.8 Å². The minimum absolute atomic E-state index is 0. The molecule has 2 atom stereocenters. The van der Waals surface area contributed by atoms with E-state index >= 15 is 4.39 Å². The molecule has 1 N–H and O–H groups in total. The Kier molecular flexibility index (Phi) is 8.90. The van der Waals surface area contributed by atoms with Crippen LogP contribution in [0.1, 0.15) is 74.6 Å². The number of alkyl halides is 2. The number of anilines is 2. The van der Waals surface area contributed by atoms with Crippen molar-refractivity contribution < 1.29 is 27.6 Å². The molecule has 3 amide bonds. The van der Waals surface area contributed by atoms with E-state index in [2.05, 4.69) is 10.3 Å². The fourth-order valence-electron chi connectivity index (χ4n) is 5.91. The predicted molar refractivity (Wildman–Crippen MR) is 162 cm³/mol. The van der Waals surface area contributed by atoms with Crippen molar-refractivity contribution in [3.8, 4) is 6.07 Å². The molecule has 12 heteroatoms. The summed E-state index contributed by atoms with van der Waals surface area (Å²) in [6, 6.07) is 11.8. The summed E-state index contributed by atoms with van der Waals surface area (Å²) in [5.41, 5.74) is 1.14. The zero-order chi connectivity index (χ0) is 31.2. The van der Waals surface area contributed by atoms with Gasteiger partial charge in [-0.15, -0.1) is 0 Å². The quantitative estimate of drug-likeness (QED) is 0.306. The second-order valence-electron chi connectivity index (χ2n) is 11.5. The Morgan fingerprint density at radius 1 is 1.11 bits per heavy atom. The molecule has 3 aromatic rings. The van der Waals surface area contributed by atoms with Gasteiger partial charge in [0.1, 0.15) is 23.7 Å². The number of amides is 3. The average molecular weight is 638 g/mol. The van der Waals surface area contributed by atoms with Gasteiger partial charge in [-0.25, -0.2) is 18.2 Å². The van der Waals surface area contributed by atoms with Crippen LogP contribution < -0.4 is 15.1 Å². The van der Waals surface area contributed by atoms with Crippen LogP contribution in [0.25, 0.3) is 0 Å². The number of halogens is 4. The molecule has 2 heterocycles. The lowest BCUT2D eigenvalue weighted by Gasteiger charge is -2.39. The number of hydrogen-bond donors (Lipinski definition) is 1. The fraction of sp³-hybridized carbons (Fsp3) is 0.364. The van der Waals surface area contributed by atoms with E-state index in [0.717, 1.165) is 23.8 Å². The summed E-state index contributed by atoms with van der Waals surface area (Å²) in [4.78, 5) is 48.4. The molecular weight excluding hydrogens is 607 g/mol. The van der Waals surface area contributed by atoms with Crippen molar-refractivity contribution in [3.63, 3.8) is 0 Å². The van der Waals surface area contributed by atoms with Crippen LogP contribution >= 0.6 is 11.6 Å². The summed E-state index contributed by atoms with van der Waals surface area (Å²) in [5.74, 6) is -5.27. The van der Waals surface area contributed by atoms with E-state index in [1.807, 2.05) is 6.07 Å². The largest absolute Gasteiger partial charge is 0.351 e. The number of pyridine rings is 1. The van der Waals surface area contributed by atoms with E-state index in [0.29, 0.717) is 5.56 Å². The molecule has 2 saturated carbocycles. The van der Waals surface area contributed by atoms with Gasteiger partial charge in [0.15, 0.2) is 0 Å². The van der Waals surface area contributed by atoms with Gasteiger partial charge in [0.25, 0.3) is 11.8 Å². The summed E-state index contributed by atoms with van der Waals surface area (Å²) in [6.07, 6.45) is 1.96. The summed E-state index contributed by atoms with van der Waals surface area (Å²) < 4.78 is 42.6. The highest BCUT2D eigenvalue weighted by atomic mass is 35.5. The summed E-state index contributed by atoms with van der Waals surface area (Å²) in [6.45, 7) is 0. The Bertz CT molecular complexity index is 1680. The van der Waals surface area contributed by atoms with Crippen LogP contribution in [-0.4, -0.2) is 40.7 Å². The lowest BCUT2D eigenvalue weighted by Crippen LogP contribution is -2.56. The van der Waals surface area contributed by atoms with Crippen molar-refractivity contribution in [1.82, 2.24) is 10.3 Å². The van der Waals surface area contributed by atoms with Crippen LogP contribution in [0.5, 0.6) is 0 Å². The molecule has 0 spiro atoms. The normalized spacial score (nSPS) is 19.6. The molecule has 0 unspecified atom stereocenters. The molecule has 234 valence electrons. The minimum Gasteiger partial charge on any atom is -0.351 e. The maximum atomic E-state index is 15.2. The van der Waals surface area contributed by atoms with Crippen LogP contribution in [-0.2, 0) is 14.4 Å². The summed E-state index contributed by atoms with van der Waals surface area (Å²) >= 11 is 6.58. The highest BCUT2D eigenvalue weighted by molar-refractivity contribution is 6.31. The third-order valence-electron chi connectivity index (χ3n) is 8.23. The molecule has 3 fully saturated rings. The Morgan fingerprint density at radius 3 is 2.51 bits per heavy atom. The van der Waals surface area contributed by atoms with Gasteiger partial charge in [0, 0.05) is 47.8 Å². The lowest BCUT2D eigenvalue weighted by atomic mass is 9.87.